The van der Waals surface area contributed by atoms with Crippen molar-refractivity contribution >= 4 is 33.9 Å². The van der Waals surface area contributed by atoms with Crippen molar-refractivity contribution in [3.8, 4) is 0 Å². The molecule has 0 aliphatic carbocycles. The summed E-state index contributed by atoms with van der Waals surface area (Å²) in [5.41, 5.74) is 0.0504. The molecule has 0 unspecified atom stereocenters. The van der Waals surface area contributed by atoms with Crippen LogP contribution in [0.5, 0.6) is 0 Å². The van der Waals surface area contributed by atoms with Gasteiger partial charge in [0.25, 0.3) is 0 Å². The van der Waals surface area contributed by atoms with Gasteiger partial charge in [0.1, 0.15) is 5.00 Å². The average molecular weight is 322 g/mol. The molecular formula is C16H22N2O3S. The van der Waals surface area contributed by atoms with Crippen molar-refractivity contribution in [2.24, 2.45) is 11.3 Å². The van der Waals surface area contributed by atoms with Crippen LogP contribution in [-0.2, 0) is 9.59 Å². The van der Waals surface area contributed by atoms with Crippen LogP contribution in [0, 0.1) is 11.3 Å². The van der Waals surface area contributed by atoms with Crippen molar-refractivity contribution in [2.75, 3.05) is 18.9 Å². The molecule has 1 aliphatic heterocycles. The fourth-order valence-corrected chi connectivity index (χ4v) is 3.16. The van der Waals surface area contributed by atoms with Gasteiger partial charge in [0, 0.05) is 31.3 Å². The molecule has 1 atom stereocenters. The Bertz CT molecular complexity index is 601. The second-order valence-corrected chi connectivity index (χ2v) is 7.65. The minimum Gasteiger partial charge on any atom is -0.346 e. The van der Waals surface area contributed by atoms with E-state index in [0.717, 1.165) is 0 Å². The van der Waals surface area contributed by atoms with Crippen molar-refractivity contribution in [1.82, 2.24) is 4.90 Å². The summed E-state index contributed by atoms with van der Waals surface area (Å²) in [7, 11) is 1.75. The molecule has 1 aromatic heterocycles. The third-order valence-corrected chi connectivity index (χ3v) is 4.69. The van der Waals surface area contributed by atoms with Gasteiger partial charge < -0.3 is 10.2 Å². The Kier molecular flexibility index (Phi) is 4.70. The van der Waals surface area contributed by atoms with Gasteiger partial charge in [0.15, 0.2) is 5.78 Å². The third kappa shape index (κ3) is 3.55. The zero-order valence-electron chi connectivity index (χ0n) is 13.4. The van der Waals surface area contributed by atoms with E-state index >= 15 is 0 Å². The molecule has 120 valence electrons. The lowest BCUT2D eigenvalue weighted by atomic mass is 9.87. The highest BCUT2D eigenvalue weighted by Gasteiger charge is 2.31. The first-order chi connectivity index (χ1) is 10.2. The fourth-order valence-electron chi connectivity index (χ4n) is 2.37. The normalized spacial score (nSPS) is 19.2. The summed E-state index contributed by atoms with van der Waals surface area (Å²) in [6.07, 6.45) is 0.887. The van der Waals surface area contributed by atoms with Gasteiger partial charge in [-0.2, -0.15) is 0 Å². The topological polar surface area (TPSA) is 66.5 Å². The molecule has 0 bridgehead atoms. The molecule has 2 amide bonds. The second kappa shape index (κ2) is 6.20. The lowest BCUT2D eigenvalue weighted by Gasteiger charge is -2.28. The number of thiophene rings is 1. The van der Waals surface area contributed by atoms with Crippen LogP contribution in [0.3, 0.4) is 0 Å². The highest BCUT2D eigenvalue weighted by molar-refractivity contribution is 7.14. The molecule has 1 fully saturated rings. The Morgan fingerprint density at radius 2 is 2.05 bits per heavy atom. The maximum Gasteiger partial charge on any atom is 0.228 e. The predicted octanol–water partition coefficient (Wildman–Crippen LogP) is 2.78. The van der Waals surface area contributed by atoms with Crippen LogP contribution in [0.2, 0.25) is 0 Å². The number of likely N-dealkylation sites (tertiary alicyclic amines) is 1. The number of ketones is 1. The number of nitrogens with zero attached hydrogens (tertiary/aromatic N) is 1. The lowest BCUT2D eigenvalue weighted by Crippen LogP contribution is -2.40. The van der Waals surface area contributed by atoms with Gasteiger partial charge >= 0.3 is 0 Å². The fraction of sp³-hybridized carbons (Fsp3) is 0.562. The number of amides is 2. The molecule has 0 radical (unpaired) electrons. The van der Waals surface area contributed by atoms with Crippen LogP contribution in [0.4, 0.5) is 5.00 Å². The molecule has 1 aromatic rings. The Morgan fingerprint density at radius 1 is 1.36 bits per heavy atom. The molecule has 0 aromatic carbocycles. The van der Waals surface area contributed by atoms with E-state index in [2.05, 4.69) is 5.32 Å². The van der Waals surface area contributed by atoms with E-state index in [9.17, 15) is 14.4 Å². The lowest BCUT2D eigenvalue weighted by molar-refractivity contribution is -0.137. The molecule has 2 rings (SSSR count). The van der Waals surface area contributed by atoms with E-state index in [1.165, 1.54) is 11.3 Å². The second-order valence-electron chi connectivity index (χ2n) is 6.74. The number of Topliss-reactive ketones (excluding diaryl/α,β-unsaturated/α-hetero) is 1. The van der Waals surface area contributed by atoms with Crippen molar-refractivity contribution in [2.45, 2.75) is 33.6 Å². The van der Waals surface area contributed by atoms with E-state index in [-0.39, 0.29) is 29.9 Å². The van der Waals surface area contributed by atoms with Gasteiger partial charge in [-0.15, -0.1) is 11.3 Å². The molecule has 1 saturated heterocycles. The van der Waals surface area contributed by atoms with Gasteiger partial charge in [-0.05, 0) is 17.9 Å². The van der Waals surface area contributed by atoms with Crippen molar-refractivity contribution in [3.05, 3.63) is 17.0 Å². The molecule has 2 heterocycles. The summed E-state index contributed by atoms with van der Waals surface area (Å²) >= 11 is 1.34. The zero-order valence-corrected chi connectivity index (χ0v) is 14.3. The Morgan fingerprint density at radius 3 is 2.64 bits per heavy atom. The highest BCUT2D eigenvalue weighted by Crippen LogP contribution is 2.31. The number of carbonyl (C=O) groups excluding carboxylic acids is 3. The van der Waals surface area contributed by atoms with Gasteiger partial charge in [0.2, 0.25) is 11.8 Å². The molecule has 6 heteroatoms. The van der Waals surface area contributed by atoms with Gasteiger partial charge in [-0.25, -0.2) is 0 Å². The number of carbonyl (C=O) groups is 3. The van der Waals surface area contributed by atoms with Gasteiger partial charge in [-0.1, -0.05) is 20.8 Å². The van der Waals surface area contributed by atoms with E-state index in [1.807, 2.05) is 20.8 Å². The van der Waals surface area contributed by atoms with E-state index in [1.54, 1.807) is 23.4 Å². The minimum atomic E-state index is -0.496. The van der Waals surface area contributed by atoms with Crippen molar-refractivity contribution < 1.29 is 14.4 Å². The zero-order chi connectivity index (χ0) is 16.5. The van der Waals surface area contributed by atoms with E-state index in [4.69, 9.17) is 0 Å². The van der Waals surface area contributed by atoms with Crippen LogP contribution >= 0.6 is 11.3 Å². The quantitative estimate of drug-likeness (QED) is 0.870. The van der Waals surface area contributed by atoms with Crippen LogP contribution in [0.15, 0.2) is 11.4 Å². The third-order valence-electron chi connectivity index (χ3n) is 3.86. The summed E-state index contributed by atoms with van der Waals surface area (Å²) in [4.78, 5) is 38.1. The van der Waals surface area contributed by atoms with Gasteiger partial charge in [0.05, 0.1) is 5.56 Å². The number of hydrogen-bond acceptors (Lipinski definition) is 4. The summed E-state index contributed by atoms with van der Waals surface area (Å²) in [6, 6.07) is 1.74. The minimum absolute atomic E-state index is 0.00324. The average Bonchev–Trinajstić information content (AvgIpc) is 2.87. The molecule has 0 saturated carbocycles. The Balaban J connectivity index is 2.09. The maximum atomic E-state index is 12.4. The smallest absolute Gasteiger partial charge is 0.228 e. The maximum absolute atomic E-state index is 12.4. The predicted molar refractivity (Wildman–Crippen MR) is 87.1 cm³/mol. The van der Waals surface area contributed by atoms with Crippen LogP contribution < -0.4 is 5.32 Å². The van der Waals surface area contributed by atoms with Crippen LogP contribution in [0.25, 0.3) is 0 Å². The van der Waals surface area contributed by atoms with Crippen molar-refractivity contribution in [1.29, 1.82) is 0 Å². The standard InChI is InChI=1S/C16H22N2O3S/c1-16(2,3)13(20)11-6-8-22-15(11)17-14(21)10-5-7-18(4)12(19)9-10/h6,8,10H,5,7,9H2,1-4H3,(H,17,21)/t10-/m0/s1. The molecule has 0 spiro atoms. The Hall–Kier alpha value is -1.69. The molecule has 5 nitrogen and oxygen atoms in total. The van der Waals surface area contributed by atoms with E-state index < -0.39 is 5.41 Å². The summed E-state index contributed by atoms with van der Waals surface area (Å²) in [6.45, 7) is 6.16. The number of nitrogens with one attached hydrogen (secondary N) is 1. The summed E-state index contributed by atoms with van der Waals surface area (Å²) in [5.74, 6) is -0.498. The van der Waals surface area contributed by atoms with Crippen LogP contribution in [-0.4, -0.2) is 36.1 Å². The first kappa shape index (κ1) is 16.7. The molecular weight excluding hydrogens is 300 g/mol. The summed E-state index contributed by atoms with van der Waals surface area (Å²) in [5, 5.41) is 5.22. The van der Waals surface area contributed by atoms with Crippen LogP contribution in [0.1, 0.15) is 44.0 Å². The largest absolute Gasteiger partial charge is 0.346 e. The molecule has 22 heavy (non-hydrogen) atoms. The van der Waals surface area contributed by atoms with Gasteiger partial charge in [-0.3, -0.25) is 14.4 Å². The monoisotopic (exact) mass is 322 g/mol. The van der Waals surface area contributed by atoms with Crippen molar-refractivity contribution in [3.63, 3.8) is 0 Å². The molecule has 1 aliphatic rings. The first-order valence-corrected chi connectivity index (χ1v) is 8.25. The van der Waals surface area contributed by atoms with E-state index in [0.29, 0.717) is 23.5 Å². The number of hydrogen-bond donors (Lipinski definition) is 1. The first-order valence-electron chi connectivity index (χ1n) is 7.37. The SMILES string of the molecule is CN1CC[C@H](C(=O)Nc2sccc2C(=O)C(C)(C)C)CC1=O. The summed E-state index contributed by atoms with van der Waals surface area (Å²) < 4.78 is 0. The highest BCUT2D eigenvalue weighted by atomic mass is 32.1. The number of anilines is 1. The molecule has 1 N–H and O–H groups in total. The number of rotatable bonds is 3. The Labute approximate surface area is 134 Å². The number of piperidine rings is 1.